The van der Waals surface area contributed by atoms with Gasteiger partial charge >= 0.3 is 0 Å². The quantitative estimate of drug-likeness (QED) is 0.312. The number of rotatable bonds is 3. The van der Waals surface area contributed by atoms with E-state index in [4.69, 9.17) is 17.4 Å². The van der Waals surface area contributed by atoms with Crippen molar-refractivity contribution in [1.82, 2.24) is 19.7 Å². The van der Waals surface area contributed by atoms with Crippen molar-refractivity contribution in [2.75, 3.05) is 0 Å². The number of aromatic amines is 1. The lowest BCUT2D eigenvalue weighted by molar-refractivity contribution is -0.0271. The number of nitrogens with two attached hydrogens (primary N) is 1. The molecule has 2 heterocycles. The van der Waals surface area contributed by atoms with Crippen LogP contribution in [0.5, 0.6) is 0 Å². The van der Waals surface area contributed by atoms with Gasteiger partial charge in [-0.25, -0.2) is 14.1 Å². The fourth-order valence-electron chi connectivity index (χ4n) is 3.79. The summed E-state index contributed by atoms with van der Waals surface area (Å²) in [6.45, 7) is 0. The first-order valence-electron chi connectivity index (χ1n) is 8.56. The molecule has 28 heavy (non-hydrogen) atoms. The topological polar surface area (TPSA) is 146 Å². The van der Waals surface area contributed by atoms with Gasteiger partial charge in [0.1, 0.15) is 17.6 Å². The first-order valence-corrected chi connectivity index (χ1v) is 8.94. The number of halogens is 2. The van der Waals surface area contributed by atoms with Crippen molar-refractivity contribution in [3.05, 3.63) is 52.6 Å². The zero-order valence-electron chi connectivity index (χ0n) is 14.4. The zero-order chi connectivity index (χ0) is 20.0. The Morgan fingerprint density at radius 3 is 2.86 bits per heavy atom. The second-order valence-corrected chi connectivity index (χ2v) is 7.18. The Kier molecular flexibility index (Phi) is 4.79. The molecule has 5 atom stereocenters. The largest absolute Gasteiger partial charge is 0.390 e. The summed E-state index contributed by atoms with van der Waals surface area (Å²) in [5, 5.41) is 40.1. The Morgan fingerprint density at radius 1 is 1.36 bits per heavy atom. The number of hydrogen-bond donors (Lipinski definition) is 5. The van der Waals surface area contributed by atoms with E-state index < -0.39 is 36.1 Å². The molecule has 6 N–H and O–H groups in total. The number of hydrogen-bond acceptors (Lipinski definition) is 7. The van der Waals surface area contributed by atoms with E-state index in [1.807, 2.05) is 0 Å². The molecule has 1 aliphatic rings. The van der Waals surface area contributed by atoms with Crippen LogP contribution >= 0.6 is 11.6 Å². The van der Waals surface area contributed by atoms with Crippen molar-refractivity contribution in [2.45, 2.75) is 30.8 Å². The maximum Gasteiger partial charge on any atom is 0.185 e. The van der Waals surface area contributed by atoms with Crippen LogP contribution in [0.25, 0.3) is 11.0 Å². The molecule has 0 spiro atoms. The summed E-state index contributed by atoms with van der Waals surface area (Å²) in [6.07, 6.45) is -0.522. The predicted octanol–water partition coefficient (Wildman–Crippen LogP) is 0.343. The summed E-state index contributed by atoms with van der Waals surface area (Å²) in [6, 6.07) is 3.32. The highest BCUT2D eigenvalue weighted by Crippen LogP contribution is 2.42. The molecule has 2 aromatic heterocycles. The number of H-pyrrole nitrogens is 1. The standard InChI is InChI=1S/C17H18ClFN6O3/c18-10-2-1-7(3-11(10)19)13(26)8-4-12(15(28)14(8)27)25-17-9(5-23-25)16(24-20)21-6-22-17/h1-3,5-6,8,12-15,26-28H,4,20H2,(H,21,22,24)/t8-,12-,13?,14-,15+/m1/s1. The van der Waals surface area contributed by atoms with Crippen molar-refractivity contribution in [2.24, 2.45) is 16.9 Å². The molecular formula is C17H18ClFN6O3. The average Bonchev–Trinajstić information content (AvgIpc) is 3.25. The Balaban J connectivity index is 1.67. The second-order valence-electron chi connectivity index (χ2n) is 6.77. The minimum Gasteiger partial charge on any atom is -0.390 e. The Hall–Kier alpha value is -2.53. The second kappa shape index (κ2) is 7.13. The Morgan fingerprint density at radius 2 is 2.14 bits per heavy atom. The molecule has 1 fully saturated rings. The van der Waals surface area contributed by atoms with Gasteiger partial charge in [0, 0.05) is 5.92 Å². The third-order valence-corrected chi connectivity index (χ3v) is 5.55. The number of fused-ring (bicyclic) bond motifs is 1. The lowest BCUT2D eigenvalue weighted by Gasteiger charge is -2.22. The third kappa shape index (κ3) is 2.94. The first kappa shape index (κ1) is 18.8. The Labute approximate surface area is 162 Å². The smallest absolute Gasteiger partial charge is 0.185 e. The predicted molar refractivity (Wildman–Crippen MR) is 97.2 cm³/mol. The van der Waals surface area contributed by atoms with Crippen LogP contribution in [0.4, 0.5) is 4.39 Å². The fraction of sp³-hybridized carbons (Fsp3) is 0.353. The van der Waals surface area contributed by atoms with Crippen molar-refractivity contribution in [3.63, 3.8) is 0 Å². The van der Waals surface area contributed by atoms with Gasteiger partial charge in [0.2, 0.25) is 0 Å². The van der Waals surface area contributed by atoms with E-state index in [2.05, 4.69) is 20.2 Å². The van der Waals surface area contributed by atoms with Crippen LogP contribution in [0.2, 0.25) is 5.02 Å². The van der Waals surface area contributed by atoms with Gasteiger partial charge in [0.05, 0.1) is 41.2 Å². The van der Waals surface area contributed by atoms with Crippen molar-refractivity contribution in [1.29, 1.82) is 0 Å². The Bertz CT molecular complexity index is 1090. The highest BCUT2D eigenvalue weighted by Gasteiger charge is 2.46. The molecule has 11 heteroatoms. The number of benzene rings is 1. The maximum absolute atomic E-state index is 13.7. The molecule has 0 radical (unpaired) electrons. The first-order chi connectivity index (χ1) is 13.4. The summed E-state index contributed by atoms with van der Waals surface area (Å²) >= 11 is 5.68. The summed E-state index contributed by atoms with van der Waals surface area (Å²) in [5.41, 5.74) is 1.06. The van der Waals surface area contributed by atoms with E-state index in [1.54, 1.807) is 0 Å². The van der Waals surface area contributed by atoms with Crippen LogP contribution in [0, 0.1) is 11.7 Å². The lowest BCUT2D eigenvalue weighted by Crippen LogP contribution is -2.31. The van der Waals surface area contributed by atoms with E-state index >= 15 is 0 Å². The molecule has 0 saturated heterocycles. The number of nitrogens with one attached hydrogen (secondary N) is 1. The van der Waals surface area contributed by atoms with Gasteiger partial charge in [-0.1, -0.05) is 17.7 Å². The average molecular weight is 409 g/mol. The minimum absolute atomic E-state index is 0.0610. The highest BCUT2D eigenvalue weighted by atomic mass is 35.5. The van der Waals surface area contributed by atoms with Crippen LogP contribution in [-0.2, 0) is 0 Å². The highest BCUT2D eigenvalue weighted by molar-refractivity contribution is 6.30. The third-order valence-electron chi connectivity index (χ3n) is 5.25. The molecule has 0 aliphatic heterocycles. The summed E-state index contributed by atoms with van der Waals surface area (Å²) < 4.78 is 15.3. The van der Waals surface area contributed by atoms with Gasteiger partial charge in [0.15, 0.2) is 5.49 Å². The van der Waals surface area contributed by atoms with Gasteiger partial charge in [-0.05, 0) is 24.1 Å². The lowest BCUT2D eigenvalue weighted by atomic mass is 9.92. The van der Waals surface area contributed by atoms with Crippen molar-refractivity contribution >= 4 is 22.6 Å². The van der Waals surface area contributed by atoms with Crippen LogP contribution in [0.1, 0.15) is 24.1 Å². The molecule has 1 aliphatic carbocycles. The molecule has 0 bridgehead atoms. The minimum atomic E-state index is -1.24. The van der Waals surface area contributed by atoms with Gasteiger partial charge in [-0.15, -0.1) is 0 Å². The summed E-state index contributed by atoms with van der Waals surface area (Å²) in [5.74, 6) is 3.92. The fourth-order valence-corrected chi connectivity index (χ4v) is 3.91. The number of aromatic nitrogens is 4. The van der Waals surface area contributed by atoms with Crippen molar-refractivity contribution in [3.8, 4) is 0 Å². The SMILES string of the molecule is N/N=c1/nc[nH]c2c1cnn2[C@@H]1C[C@H](C(O)c2ccc(Cl)c(F)c2)[C@@H](O)[C@H]1O. The molecule has 1 unspecified atom stereocenters. The summed E-state index contributed by atoms with van der Waals surface area (Å²) in [7, 11) is 0. The van der Waals surface area contributed by atoms with Crippen LogP contribution in [0.15, 0.2) is 35.8 Å². The zero-order valence-corrected chi connectivity index (χ0v) is 15.2. The van der Waals surface area contributed by atoms with E-state index in [1.165, 1.54) is 29.3 Å². The molecule has 3 aromatic rings. The molecular weight excluding hydrogens is 391 g/mol. The number of nitrogens with zero attached hydrogens (tertiary/aromatic N) is 4. The molecule has 4 rings (SSSR count). The van der Waals surface area contributed by atoms with Gasteiger partial charge in [0.25, 0.3) is 0 Å². The monoisotopic (exact) mass is 408 g/mol. The number of aliphatic hydroxyl groups is 3. The molecule has 0 amide bonds. The molecule has 1 saturated carbocycles. The van der Waals surface area contributed by atoms with E-state index in [9.17, 15) is 19.7 Å². The maximum atomic E-state index is 13.7. The number of aliphatic hydroxyl groups excluding tert-OH is 3. The normalized spacial score (nSPS) is 26.8. The van der Waals surface area contributed by atoms with Gasteiger partial charge in [-0.2, -0.15) is 10.2 Å². The van der Waals surface area contributed by atoms with Crippen LogP contribution in [-0.4, -0.2) is 47.3 Å². The van der Waals surface area contributed by atoms with Crippen LogP contribution < -0.4 is 11.3 Å². The van der Waals surface area contributed by atoms with Gasteiger partial charge < -0.3 is 26.1 Å². The van der Waals surface area contributed by atoms with Crippen molar-refractivity contribution < 1.29 is 19.7 Å². The molecule has 9 nitrogen and oxygen atoms in total. The van der Waals surface area contributed by atoms with E-state index in [-0.39, 0.29) is 22.5 Å². The van der Waals surface area contributed by atoms with E-state index in [0.29, 0.717) is 11.0 Å². The summed E-state index contributed by atoms with van der Waals surface area (Å²) in [4.78, 5) is 6.93. The van der Waals surface area contributed by atoms with Crippen LogP contribution in [0.3, 0.4) is 0 Å². The molecule has 1 aromatic carbocycles. The van der Waals surface area contributed by atoms with Gasteiger partial charge in [-0.3, -0.25) is 0 Å². The van der Waals surface area contributed by atoms with E-state index in [0.717, 1.165) is 6.07 Å². The molecule has 148 valence electrons.